The number of halogens is 2. The summed E-state index contributed by atoms with van der Waals surface area (Å²) in [5.41, 5.74) is 1.40. The molecule has 2 nitrogen and oxygen atoms in total. The Morgan fingerprint density at radius 1 is 1.05 bits per heavy atom. The van der Waals surface area contributed by atoms with Crippen molar-refractivity contribution >= 4 is 40.0 Å². The molecule has 1 heterocycles. The molecule has 0 aliphatic heterocycles. The molecule has 0 saturated carbocycles. The van der Waals surface area contributed by atoms with Crippen LogP contribution in [0.5, 0.6) is 0 Å². The van der Waals surface area contributed by atoms with Gasteiger partial charge < -0.3 is 4.42 Å². The van der Waals surface area contributed by atoms with Gasteiger partial charge in [0.2, 0.25) is 5.78 Å². The number of hydrogen-bond acceptors (Lipinski definition) is 2. The minimum absolute atomic E-state index is 0.120. The van der Waals surface area contributed by atoms with Crippen molar-refractivity contribution in [2.24, 2.45) is 0 Å². The van der Waals surface area contributed by atoms with Crippen LogP contribution in [0, 0.1) is 0 Å². The Labute approximate surface area is 125 Å². The standard InChI is InChI=1S/C16H10Cl2O2/c17-12-5-6-13(18)11(7-12)8-14(19)16-9-10-3-1-2-4-15(10)20-16/h1-7,9H,8H2. The number of hydrogen-bond donors (Lipinski definition) is 0. The number of carbonyl (C=O) groups excluding carboxylic acids is 1. The summed E-state index contributed by atoms with van der Waals surface area (Å²) < 4.78 is 5.55. The normalized spacial score (nSPS) is 10.9. The largest absolute Gasteiger partial charge is 0.453 e. The third-order valence-corrected chi connectivity index (χ3v) is 3.66. The quantitative estimate of drug-likeness (QED) is 0.625. The highest BCUT2D eigenvalue weighted by Gasteiger charge is 2.14. The summed E-state index contributed by atoms with van der Waals surface area (Å²) in [4.78, 5) is 12.3. The Hall–Kier alpha value is -1.77. The fourth-order valence-corrected chi connectivity index (χ4v) is 2.44. The number of Topliss-reactive ketones (excluding diaryl/α,β-unsaturated/α-hetero) is 1. The highest BCUT2D eigenvalue weighted by molar-refractivity contribution is 6.33. The van der Waals surface area contributed by atoms with Crippen molar-refractivity contribution in [3.05, 3.63) is 69.9 Å². The molecule has 1 aromatic heterocycles. The lowest BCUT2D eigenvalue weighted by Gasteiger charge is -2.02. The van der Waals surface area contributed by atoms with E-state index in [4.69, 9.17) is 27.6 Å². The van der Waals surface area contributed by atoms with Crippen LogP contribution >= 0.6 is 23.2 Å². The second-order valence-electron chi connectivity index (χ2n) is 4.48. The molecule has 3 aromatic rings. The van der Waals surface area contributed by atoms with Crippen molar-refractivity contribution in [1.82, 2.24) is 0 Å². The second-order valence-corrected chi connectivity index (χ2v) is 5.33. The van der Waals surface area contributed by atoms with Gasteiger partial charge in [-0.2, -0.15) is 0 Å². The molecule has 0 amide bonds. The van der Waals surface area contributed by atoms with Gasteiger partial charge in [-0.15, -0.1) is 0 Å². The Balaban J connectivity index is 1.90. The SMILES string of the molecule is O=C(Cc1cc(Cl)ccc1Cl)c1cc2ccccc2o1. The van der Waals surface area contributed by atoms with Crippen molar-refractivity contribution < 1.29 is 9.21 Å². The predicted octanol–water partition coefficient (Wildman–Crippen LogP) is 5.17. The molecule has 4 heteroatoms. The van der Waals surface area contributed by atoms with Crippen LogP contribution < -0.4 is 0 Å². The number of ketones is 1. The monoisotopic (exact) mass is 304 g/mol. The third kappa shape index (κ3) is 2.58. The van der Waals surface area contributed by atoms with Crippen LogP contribution in [0.3, 0.4) is 0 Å². The molecule has 0 radical (unpaired) electrons. The zero-order chi connectivity index (χ0) is 14.1. The van der Waals surface area contributed by atoms with Crippen LogP contribution in [-0.2, 0) is 6.42 Å². The first-order valence-corrected chi connectivity index (χ1v) is 6.85. The van der Waals surface area contributed by atoms with Crippen molar-refractivity contribution in [3.8, 4) is 0 Å². The zero-order valence-corrected chi connectivity index (χ0v) is 11.9. The third-order valence-electron chi connectivity index (χ3n) is 3.06. The molecule has 0 atom stereocenters. The van der Waals surface area contributed by atoms with E-state index in [1.807, 2.05) is 24.3 Å². The smallest absolute Gasteiger partial charge is 0.202 e. The summed E-state index contributed by atoms with van der Waals surface area (Å²) in [5.74, 6) is 0.215. The Kier molecular flexibility index (Phi) is 3.51. The van der Waals surface area contributed by atoms with Crippen molar-refractivity contribution in [3.63, 3.8) is 0 Å². The molecule has 0 bridgehead atoms. The first kappa shape index (κ1) is 13.2. The summed E-state index contributed by atoms with van der Waals surface area (Å²) in [6, 6.07) is 14.3. The van der Waals surface area contributed by atoms with Crippen LogP contribution in [0.4, 0.5) is 0 Å². The Morgan fingerprint density at radius 3 is 2.65 bits per heavy atom. The van der Waals surface area contributed by atoms with E-state index >= 15 is 0 Å². The fraction of sp³-hybridized carbons (Fsp3) is 0.0625. The molecule has 0 saturated heterocycles. The molecule has 100 valence electrons. The van der Waals surface area contributed by atoms with E-state index < -0.39 is 0 Å². The van der Waals surface area contributed by atoms with E-state index in [2.05, 4.69) is 0 Å². The summed E-state index contributed by atoms with van der Waals surface area (Å²) in [7, 11) is 0. The lowest BCUT2D eigenvalue weighted by atomic mass is 10.1. The van der Waals surface area contributed by atoms with Crippen LogP contribution in [0.15, 0.2) is 52.9 Å². The van der Waals surface area contributed by atoms with Crippen LogP contribution in [0.25, 0.3) is 11.0 Å². The number of carbonyl (C=O) groups is 1. The molecule has 0 aliphatic rings. The van der Waals surface area contributed by atoms with Gasteiger partial charge in [0.1, 0.15) is 5.58 Å². The highest BCUT2D eigenvalue weighted by atomic mass is 35.5. The fourth-order valence-electron chi connectivity index (χ4n) is 2.06. The van der Waals surface area contributed by atoms with Crippen LogP contribution in [0.2, 0.25) is 10.0 Å². The van der Waals surface area contributed by atoms with Crippen molar-refractivity contribution in [2.75, 3.05) is 0 Å². The van der Waals surface area contributed by atoms with Crippen molar-refractivity contribution in [1.29, 1.82) is 0 Å². The predicted molar refractivity (Wildman–Crippen MR) is 80.7 cm³/mol. The van der Waals surface area contributed by atoms with Gasteiger partial charge in [-0.25, -0.2) is 0 Å². The lowest BCUT2D eigenvalue weighted by molar-refractivity contribution is 0.0968. The maximum Gasteiger partial charge on any atom is 0.202 e. The van der Waals surface area contributed by atoms with Gasteiger partial charge in [0, 0.05) is 21.9 Å². The van der Waals surface area contributed by atoms with Crippen molar-refractivity contribution in [2.45, 2.75) is 6.42 Å². The molecule has 0 unspecified atom stereocenters. The first-order valence-electron chi connectivity index (χ1n) is 6.09. The van der Waals surface area contributed by atoms with Gasteiger partial charge >= 0.3 is 0 Å². The number of para-hydroxylation sites is 1. The summed E-state index contributed by atoms with van der Waals surface area (Å²) in [6.07, 6.45) is 0.166. The Morgan fingerprint density at radius 2 is 1.85 bits per heavy atom. The minimum atomic E-state index is -0.120. The average Bonchev–Trinajstić information content (AvgIpc) is 2.87. The average molecular weight is 305 g/mol. The summed E-state index contributed by atoms with van der Waals surface area (Å²) in [5, 5.41) is 1.99. The number of fused-ring (bicyclic) bond motifs is 1. The molecule has 3 rings (SSSR count). The molecule has 0 N–H and O–H groups in total. The van der Waals surface area contributed by atoms with E-state index in [1.165, 1.54) is 0 Å². The molecule has 0 spiro atoms. The van der Waals surface area contributed by atoms with Crippen LogP contribution in [0.1, 0.15) is 16.1 Å². The van der Waals surface area contributed by atoms with Gasteiger partial charge in [0.25, 0.3) is 0 Å². The van der Waals surface area contributed by atoms with E-state index in [9.17, 15) is 4.79 Å². The number of furan rings is 1. The van der Waals surface area contributed by atoms with Gasteiger partial charge in [-0.05, 0) is 35.9 Å². The first-order chi connectivity index (χ1) is 9.63. The molecular weight excluding hydrogens is 295 g/mol. The van der Waals surface area contributed by atoms with Crippen LogP contribution in [-0.4, -0.2) is 5.78 Å². The summed E-state index contributed by atoms with van der Waals surface area (Å²) in [6.45, 7) is 0. The van der Waals surface area contributed by atoms with E-state index in [0.29, 0.717) is 27.0 Å². The number of benzene rings is 2. The minimum Gasteiger partial charge on any atom is -0.453 e. The molecular formula is C16H10Cl2O2. The van der Waals surface area contributed by atoms with Gasteiger partial charge in [-0.1, -0.05) is 41.4 Å². The van der Waals surface area contributed by atoms with Gasteiger partial charge in [0.05, 0.1) is 0 Å². The maximum absolute atomic E-state index is 12.3. The lowest BCUT2D eigenvalue weighted by Crippen LogP contribution is -2.02. The van der Waals surface area contributed by atoms with E-state index in [0.717, 1.165) is 5.39 Å². The van der Waals surface area contributed by atoms with Gasteiger partial charge in [-0.3, -0.25) is 4.79 Å². The second kappa shape index (κ2) is 5.31. The number of rotatable bonds is 3. The van der Waals surface area contributed by atoms with Gasteiger partial charge in [0.15, 0.2) is 5.76 Å². The maximum atomic E-state index is 12.3. The summed E-state index contributed by atoms with van der Waals surface area (Å²) >= 11 is 12.0. The van der Waals surface area contributed by atoms with E-state index in [-0.39, 0.29) is 12.2 Å². The highest BCUT2D eigenvalue weighted by Crippen LogP contribution is 2.24. The topological polar surface area (TPSA) is 30.2 Å². The Bertz CT molecular complexity index is 757. The van der Waals surface area contributed by atoms with E-state index in [1.54, 1.807) is 24.3 Å². The zero-order valence-electron chi connectivity index (χ0n) is 10.4. The molecule has 0 fully saturated rings. The molecule has 2 aromatic carbocycles. The molecule has 20 heavy (non-hydrogen) atoms. The molecule has 0 aliphatic carbocycles.